The monoisotopic (exact) mass is 1160 g/mol. The van der Waals surface area contributed by atoms with Crippen molar-refractivity contribution in [1.82, 2.24) is 44.3 Å². The zero-order valence-electron chi connectivity index (χ0n) is 42.5. The summed E-state index contributed by atoms with van der Waals surface area (Å²) in [4.78, 5) is 40.3. The van der Waals surface area contributed by atoms with Crippen molar-refractivity contribution in [3.8, 4) is 55.1 Å². The van der Waals surface area contributed by atoms with E-state index < -0.39 is 0 Å². The van der Waals surface area contributed by atoms with Crippen LogP contribution in [0.25, 0.3) is 32.1 Å². The second kappa shape index (κ2) is 26.0. The molecule has 8 heterocycles. The van der Waals surface area contributed by atoms with Crippen LogP contribution in [0.15, 0.2) is 123 Å². The van der Waals surface area contributed by atoms with Gasteiger partial charge in [-0.25, -0.2) is 0 Å². The quantitative estimate of drug-likeness (QED) is 0.0681. The van der Waals surface area contributed by atoms with Crippen LogP contribution in [0.2, 0.25) is 0 Å². The molecule has 25 heteroatoms. The van der Waals surface area contributed by atoms with Gasteiger partial charge in [-0.2, -0.15) is 0 Å². The fraction of sp³-hybridized carbons (Fsp3) is 0.264. The normalized spacial score (nSPS) is 12.6. The molecule has 1 aliphatic carbocycles. The summed E-state index contributed by atoms with van der Waals surface area (Å²) in [6.45, 7) is 8.78. The van der Waals surface area contributed by atoms with E-state index in [0.29, 0.717) is 40.1 Å². The van der Waals surface area contributed by atoms with E-state index >= 15 is 0 Å². The van der Waals surface area contributed by atoms with Crippen molar-refractivity contribution in [1.29, 1.82) is 0 Å². The van der Waals surface area contributed by atoms with Gasteiger partial charge in [0.1, 0.15) is 0 Å². The Morgan fingerprint density at radius 3 is 1.54 bits per heavy atom. The summed E-state index contributed by atoms with van der Waals surface area (Å²) >= 11 is 9.05. The molecule has 3 N–H and O–H groups in total. The van der Waals surface area contributed by atoms with Gasteiger partial charge < -0.3 is 48.6 Å². The Bertz CT molecular complexity index is 3340. The first-order chi connectivity index (χ1) is 38.3. The zero-order valence-corrected chi connectivity index (χ0v) is 47.4. The third-order valence-electron chi connectivity index (χ3n) is 12.1. The van der Waals surface area contributed by atoms with E-state index in [2.05, 4.69) is 64.1 Å². The maximum atomic E-state index is 12.4. The minimum absolute atomic E-state index is 0.00127. The van der Waals surface area contributed by atoms with E-state index in [0.717, 1.165) is 85.7 Å². The number of thiophene rings is 3. The van der Waals surface area contributed by atoms with Crippen LogP contribution in [-0.4, -0.2) is 92.9 Å². The number of fused-ring (bicyclic) bond motifs is 3. The summed E-state index contributed by atoms with van der Waals surface area (Å²) in [5, 5.41) is 42.7. The van der Waals surface area contributed by atoms with Gasteiger partial charge >= 0.3 is 0 Å². The number of carbonyl (C=O) groups is 3. The van der Waals surface area contributed by atoms with Crippen LogP contribution in [-0.2, 0) is 46.9 Å². The molecule has 0 spiro atoms. The molecule has 0 fully saturated rings. The third-order valence-corrected chi connectivity index (χ3v) is 17.6. The molecule has 0 unspecified atom stereocenters. The Morgan fingerprint density at radius 1 is 0.513 bits per heavy atom. The molecule has 402 valence electrons. The largest absolute Gasteiger partial charge is 0.454 e. The average Bonchev–Trinajstić information content (AvgIpc) is 4.32. The van der Waals surface area contributed by atoms with Gasteiger partial charge in [0.25, 0.3) is 0 Å². The van der Waals surface area contributed by atoms with E-state index in [1.807, 2.05) is 99.8 Å². The second-order valence-electron chi connectivity index (χ2n) is 17.0. The first-order valence-corrected chi connectivity index (χ1v) is 30.4. The number of benzene rings is 3. The third kappa shape index (κ3) is 12.9. The Morgan fingerprint density at radius 2 is 1.00 bits per heavy atom. The van der Waals surface area contributed by atoms with E-state index in [4.69, 9.17) is 18.9 Å². The van der Waals surface area contributed by atoms with Crippen molar-refractivity contribution in [2.45, 2.75) is 75.1 Å². The van der Waals surface area contributed by atoms with Crippen LogP contribution in [0, 0.1) is 0 Å². The molecule has 0 atom stereocenters. The van der Waals surface area contributed by atoms with Gasteiger partial charge in [0.05, 0.1) is 37.6 Å². The number of nitrogens with one attached hydrogen (secondary N) is 3. The molecule has 12 rings (SSSR count). The molecule has 0 saturated carbocycles. The number of para-hydroxylation sites is 1. The van der Waals surface area contributed by atoms with Crippen LogP contribution in [0.4, 0.5) is 17.1 Å². The van der Waals surface area contributed by atoms with Gasteiger partial charge in [-0.05, 0) is 116 Å². The first kappa shape index (κ1) is 54.2. The number of rotatable bonds is 18. The van der Waals surface area contributed by atoms with E-state index in [-0.39, 0.29) is 42.8 Å². The van der Waals surface area contributed by atoms with Crippen LogP contribution in [0.1, 0.15) is 38.3 Å². The lowest BCUT2D eigenvalue weighted by Crippen LogP contribution is -2.15. The molecule has 3 amide bonds. The van der Waals surface area contributed by atoms with Gasteiger partial charge in [0.2, 0.25) is 31.3 Å². The number of anilines is 3. The van der Waals surface area contributed by atoms with Crippen molar-refractivity contribution in [3.63, 3.8) is 0 Å². The predicted octanol–water partition coefficient (Wildman–Crippen LogP) is 11.2. The van der Waals surface area contributed by atoms with Gasteiger partial charge in [0, 0.05) is 37.1 Å². The SMILES string of the molecule is CCn1c(SCC(=O)Nc2ccc3c(c2)OCO3)nnc1-c1cccs1.CCn1c(SCC(=O)Nc2cccc3c2CCC3)nnc1-c1cccs1.CCn1c(SCC(=O)Nc2cccc3c2OCO3)nnc1-c1cccs1. The predicted molar refractivity (Wildman–Crippen MR) is 309 cm³/mol. The van der Waals surface area contributed by atoms with Crippen LogP contribution >= 0.6 is 69.3 Å². The number of nitrogens with zero attached hydrogens (tertiary/aromatic N) is 9. The maximum absolute atomic E-state index is 12.4. The van der Waals surface area contributed by atoms with Crippen molar-refractivity contribution < 1.29 is 33.3 Å². The Balaban J connectivity index is 0.000000132. The number of aryl methyl sites for hydroxylation is 1. The second-order valence-corrected chi connectivity index (χ2v) is 22.7. The minimum Gasteiger partial charge on any atom is -0.454 e. The minimum atomic E-state index is -0.137. The summed E-state index contributed by atoms with van der Waals surface area (Å²) in [5.74, 6) is 5.62. The highest BCUT2D eigenvalue weighted by atomic mass is 32.2. The first-order valence-electron chi connectivity index (χ1n) is 24.8. The molecule has 9 aromatic rings. The molecule has 0 saturated heterocycles. The number of hydrogen-bond donors (Lipinski definition) is 3. The number of aromatic nitrogens is 9. The number of carbonyl (C=O) groups excluding carboxylic acids is 3. The summed E-state index contributed by atoms with van der Waals surface area (Å²) < 4.78 is 27.4. The Hall–Kier alpha value is -7.16. The molecule has 2 aliphatic heterocycles. The fourth-order valence-corrected chi connectivity index (χ4v) is 13.1. The topological polar surface area (TPSA) is 216 Å². The number of ether oxygens (including phenoxy) is 4. The molecule has 19 nitrogen and oxygen atoms in total. The van der Waals surface area contributed by atoms with E-state index in [1.165, 1.54) is 52.8 Å². The van der Waals surface area contributed by atoms with Crippen molar-refractivity contribution in [2.75, 3.05) is 46.8 Å². The molecule has 0 radical (unpaired) electrons. The van der Waals surface area contributed by atoms with Gasteiger partial charge in [0.15, 0.2) is 55.9 Å². The number of hydrogen-bond acceptors (Lipinski definition) is 19. The number of amides is 3. The summed E-state index contributed by atoms with van der Waals surface area (Å²) in [5.41, 5.74) is 4.91. The molecule has 6 aromatic heterocycles. The Kier molecular flexibility index (Phi) is 18.1. The summed E-state index contributed by atoms with van der Waals surface area (Å²) in [6, 6.07) is 29.0. The van der Waals surface area contributed by atoms with Crippen LogP contribution in [0.5, 0.6) is 23.0 Å². The lowest BCUT2D eigenvalue weighted by Gasteiger charge is -2.10. The van der Waals surface area contributed by atoms with Gasteiger partial charge in [-0.15, -0.1) is 64.6 Å². The zero-order chi connectivity index (χ0) is 53.8. The van der Waals surface area contributed by atoms with Gasteiger partial charge in [-0.3, -0.25) is 14.4 Å². The lowest BCUT2D eigenvalue weighted by atomic mass is 10.1. The standard InChI is InChI=1S/C19H20N4OS2.2C17H16N4O3S2/c1-2-23-18(16-10-5-11-25-16)21-22-19(23)26-12-17(24)20-15-9-4-7-13-6-3-8-14(13)15;1-2-21-16(13-7-4-8-25-13)19-20-17(21)26-9-14(22)18-11-5-3-6-12-15(11)24-10-23-12;1-2-21-16(14-4-3-7-25-14)19-20-17(21)26-9-15(22)18-11-5-6-12-13(8-11)24-10-23-12/h4-5,7,9-11H,2-3,6,8,12H2,1H3,(H,20,24);2*3-8H,2,9-10H2,1H3,(H,18,22). The van der Waals surface area contributed by atoms with E-state index in [9.17, 15) is 14.4 Å². The highest BCUT2D eigenvalue weighted by Gasteiger charge is 2.22. The van der Waals surface area contributed by atoms with Crippen molar-refractivity contribution in [2.24, 2.45) is 0 Å². The highest BCUT2D eigenvalue weighted by molar-refractivity contribution is 8.00. The molecule has 3 aromatic carbocycles. The summed E-state index contributed by atoms with van der Waals surface area (Å²) in [6.07, 6.45) is 3.33. The molecule has 78 heavy (non-hydrogen) atoms. The Labute approximate surface area is 473 Å². The molecular formula is C53H52N12O7S6. The van der Waals surface area contributed by atoms with Crippen molar-refractivity contribution >= 4 is 104 Å². The fourth-order valence-electron chi connectivity index (χ4n) is 8.51. The molecular weight excluding hydrogens is 1110 g/mol. The molecule has 0 bridgehead atoms. The molecule has 3 aliphatic rings. The maximum Gasteiger partial charge on any atom is 0.234 e. The van der Waals surface area contributed by atoms with Gasteiger partial charge in [-0.1, -0.05) is 71.7 Å². The smallest absolute Gasteiger partial charge is 0.234 e. The van der Waals surface area contributed by atoms with E-state index in [1.54, 1.807) is 58.3 Å². The lowest BCUT2D eigenvalue weighted by molar-refractivity contribution is -0.114. The van der Waals surface area contributed by atoms with Crippen LogP contribution in [0.3, 0.4) is 0 Å². The van der Waals surface area contributed by atoms with Crippen molar-refractivity contribution in [3.05, 3.63) is 118 Å². The summed E-state index contributed by atoms with van der Waals surface area (Å²) in [7, 11) is 0. The average molecular weight is 1160 g/mol. The highest BCUT2D eigenvalue weighted by Crippen LogP contribution is 2.39. The number of thioether (sulfide) groups is 3. The van der Waals surface area contributed by atoms with Crippen LogP contribution < -0.4 is 34.9 Å².